The van der Waals surface area contributed by atoms with Gasteiger partial charge in [-0.1, -0.05) is 20.3 Å². The molecule has 5 nitrogen and oxygen atoms in total. The van der Waals surface area contributed by atoms with Crippen molar-refractivity contribution in [2.45, 2.75) is 52.0 Å². The molecule has 0 aliphatic rings. The van der Waals surface area contributed by atoms with E-state index < -0.39 is 5.54 Å². The number of nitrogens with two attached hydrogens (primary N) is 1. The Bertz CT molecular complexity index is 237. The second-order valence-corrected chi connectivity index (χ2v) is 4.95. The minimum Gasteiger partial charge on any atom is -0.379 e. The average molecular weight is 274 g/mol. The molecule has 0 radical (unpaired) electrons. The summed E-state index contributed by atoms with van der Waals surface area (Å²) in [7, 11) is 0. The van der Waals surface area contributed by atoms with Gasteiger partial charge in [0.2, 0.25) is 5.91 Å². The summed E-state index contributed by atoms with van der Waals surface area (Å²) in [6.45, 7) is 9.25. The summed E-state index contributed by atoms with van der Waals surface area (Å²) in [5, 5.41) is 3.18. The van der Waals surface area contributed by atoms with Crippen LogP contribution in [0.25, 0.3) is 0 Å². The van der Waals surface area contributed by atoms with Crippen molar-refractivity contribution in [3.63, 3.8) is 0 Å². The van der Waals surface area contributed by atoms with Crippen molar-refractivity contribution in [3.05, 3.63) is 0 Å². The predicted octanol–water partition coefficient (Wildman–Crippen LogP) is 1.45. The van der Waals surface area contributed by atoms with E-state index in [2.05, 4.69) is 19.2 Å². The van der Waals surface area contributed by atoms with Crippen molar-refractivity contribution in [2.75, 3.05) is 33.0 Å². The van der Waals surface area contributed by atoms with Crippen LogP contribution in [0.3, 0.4) is 0 Å². The van der Waals surface area contributed by atoms with Crippen molar-refractivity contribution in [3.8, 4) is 0 Å². The third-order valence-corrected chi connectivity index (χ3v) is 3.07. The molecule has 1 atom stereocenters. The Morgan fingerprint density at radius 1 is 1.11 bits per heavy atom. The Morgan fingerprint density at radius 2 is 1.74 bits per heavy atom. The molecule has 0 spiro atoms. The Hall–Kier alpha value is -0.650. The maximum atomic E-state index is 11.4. The summed E-state index contributed by atoms with van der Waals surface area (Å²) in [5.41, 5.74) is 4.74. The van der Waals surface area contributed by atoms with E-state index in [0.717, 1.165) is 32.4 Å². The number of carbonyl (C=O) groups is 1. The average Bonchev–Trinajstić information content (AvgIpc) is 2.39. The highest BCUT2D eigenvalue weighted by molar-refractivity contribution is 5.84. The highest BCUT2D eigenvalue weighted by Gasteiger charge is 2.29. The molecule has 0 saturated heterocycles. The van der Waals surface area contributed by atoms with Crippen LogP contribution < -0.4 is 11.1 Å². The van der Waals surface area contributed by atoms with E-state index in [1.165, 1.54) is 0 Å². The standard InChI is InChI=1S/C14H30N2O3/c1-4-6-9-18-11-12-19-10-7-14(3,13(15)17)16-8-5-2/h16H,4-12H2,1-3H3,(H2,15,17). The zero-order chi connectivity index (χ0) is 14.6. The molecule has 0 bridgehead atoms. The second-order valence-electron chi connectivity index (χ2n) is 4.95. The van der Waals surface area contributed by atoms with Gasteiger partial charge in [-0.05, 0) is 32.7 Å². The van der Waals surface area contributed by atoms with Crippen LogP contribution >= 0.6 is 0 Å². The summed E-state index contributed by atoms with van der Waals surface area (Å²) in [4.78, 5) is 11.4. The molecule has 0 fully saturated rings. The Balaban J connectivity index is 3.67. The molecule has 0 aromatic rings. The Morgan fingerprint density at radius 3 is 2.26 bits per heavy atom. The van der Waals surface area contributed by atoms with Crippen molar-refractivity contribution in [1.29, 1.82) is 0 Å². The maximum absolute atomic E-state index is 11.4. The van der Waals surface area contributed by atoms with Gasteiger partial charge in [-0.3, -0.25) is 4.79 Å². The lowest BCUT2D eigenvalue weighted by Crippen LogP contribution is -2.54. The van der Waals surface area contributed by atoms with Gasteiger partial charge in [0, 0.05) is 13.2 Å². The molecule has 114 valence electrons. The number of ether oxygens (including phenoxy) is 2. The normalized spacial score (nSPS) is 14.3. The number of hydrogen-bond donors (Lipinski definition) is 2. The van der Waals surface area contributed by atoms with Gasteiger partial charge in [0.05, 0.1) is 18.8 Å². The lowest BCUT2D eigenvalue weighted by molar-refractivity contribution is -0.124. The van der Waals surface area contributed by atoms with Crippen LogP contribution in [0.15, 0.2) is 0 Å². The quantitative estimate of drug-likeness (QED) is 0.499. The monoisotopic (exact) mass is 274 g/mol. The van der Waals surface area contributed by atoms with Gasteiger partial charge in [-0.2, -0.15) is 0 Å². The fraction of sp³-hybridized carbons (Fsp3) is 0.929. The third-order valence-electron chi connectivity index (χ3n) is 3.07. The topological polar surface area (TPSA) is 73.6 Å². The lowest BCUT2D eigenvalue weighted by Gasteiger charge is -2.27. The Labute approximate surface area is 117 Å². The van der Waals surface area contributed by atoms with E-state index >= 15 is 0 Å². The number of hydrogen-bond acceptors (Lipinski definition) is 4. The van der Waals surface area contributed by atoms with Crippen molar-refractivity contribution < 1.29 is 14.3 Å². The first kappa shape index (κ1) is 18.4. The smallest absolute Gasteiger partial charge is 0.237 e. The first-order valence-corrected chi connectivity index (χ1v) is 7.27. The van der Waals surface area contributed by atoms with Crippen LogP contribution in [0.5, 0.6) is 0 Å². The molecule has 0 aliphatic heterocycles. The molecule has 1 unspecified atom stereocenters. The minimum atomic E-state index is -0.681. The van der Waals surface area contributed by atoms with Gasteiger partial charge in [-0.15, -0.1) is 0 Å². The first-order valence-electron chi connectivity index (χ1n) is 7.27. The summed E-state index contributed by atoms with van der Waals surface area (Å²) in [6.07, 6.45) is 3.77. The molecule has 0 aliphatic carbocycles. The zero-order valence-electron chi connectivity index (χ0n) is 12.7. The van der Waals surface area contributed by atoms with Crippen molar-refractivity contribution in [2.24, 2.45) is 5.73 Å². The highest BCUT2D eigenvalue weighted by Crippen LogP contribution is 2.09. The third kappa shape index (κ3) is 8.97. The van der Waals surface area contributed by atoms with E-state index in [0.29, 0.717) is 26.2 Å². The van der Waals surface area contributed by atoms with Crippen molar-refractivity contribution in [1.82, 2.24) is 5.32 Å². The SMILES string of the molecule is CCCCOCCOCCC(C)(NCCC)C(N)=O. The highest BCUT2D eigenvalue weighted by atomic mass is 16.5. The van der Waals surface area contributed by atoms with E-state index in [4.69, 9.17) is 15.2 Å². The molecular formula is C14H30N2O3. The maximum Gasteiger partial charge on any atom is 0.237 e. The van der Waals surface area contributed by atoms with Crippen LogP contribution in [0.2, 0.25) is 0 Å². The molecule has 0 rings (SSSR count). The lowest BCUT2D eigenvalue weighted by atomic mass is 9.97. The van der Waals surface area contributed by atoms with Gasteiger partial charge in [-0.25, -0.2) is 0 Å². The van der Waals surface area contributed by atoms with Gasteiger partial charge in [0.1, 0.15) is 0 Å². The summed E-state index contributed by atoms with van der Waals surface area (Å²) < 4.78 is 10.9. The predicted molar refractivity (Wildman–Crippen MR) is 77.1 cm³/mol. The number of carbonyl (C=O) groups excluding carboxylic acids is 1. The number of unbranched alkanes of at least 4 members (excludes halogenated alkanes) is 1. The van der Waals surface area contributed by atoms with E-state index in [1.807, 2.05) is 6.92 Å². The molecule has 0 heterocycles. The largest absolute Gasteiger partial charge is 0.379 e. The van der Waals surface area contributed by atoms with Gasteiger partial charge in [0.15, 0.2) is 0 Å². The van der Waals surface area contributed by atoms with Crippen LogP contribution in [0.1, 0.15) is 46.5 Å². The summed E-state index contributed by atoms with van der Waals surface area (Å²) in [6, 6.07) is 0. The van der Waals surface area contributed by atoms with Crippen molar-refractivity contribution >= 4 is 5.91 Å². The fourth-order valence-corrected chi connectivity index (χ4v) is 1.54. The van der Waals surface area contributed by atoms with Gasteiger partial charge < -0.3 is 20.5 Å². The molecule has 19 heavy (non-hydrogen) atoms. The molecule has 0 saturated carbocycles. The van der Waals surface area contributed by atoms with Crippen LogP contribution in [-0.2, 0) is 14.3 Å². The summed E-state index contributed by atoms with van der Waals surface area (Å²) >= 11 is 0. The van der Waals surface area contributed by atoms with Crippen LogP contribution in [-0.4, -0.2) is 44.4 Å². The second kappa shape index (κ2) is 11.2. The summed E-state index contributed by atoms with van der Waals surface area (Å²) in [5.74, 6) is -0.330. The Kier molecular flexibility index (Phi) is 10.8. The number of amides is 1. The molecule has 1 amide bonds. The van der Waals surface area contributed by atoms with E-state index in [9.17, 15) is 4.79 Å². The zero-order valence-corrected chi connectivity index (χ0v) is 12.7. The number of rotatable bonds is 13. The molecule has 0 aromatic carbocycles. The van der Waals surface area contributed by atoms with Crippen LogP contribution in [0.4, 0.5) is 0 Å². The minimum absolute atomic E-state index is 0.330. The van der Waals surface area contributed by atoms with Gasteiger partial charge >= 0.3 is 0 Å². The first-order chi connectivity index (χ1) is 9.06. The fourth-order valence-electron chi connectivity index (χ4n) is 1.54. The van der Waals surface area contributed by atoms with E-state index in [-0.39, 0.29) is 5.91 Å². The van der Waals surface area contributed by atoms with E-state index in [1.54, 1.807) is 0 Å². The van der Waals surface area contributed by atoms with Gasteiger partial charge in [0.25, 0.3) is 0 Å². The number of nitrogens with one attached hydrogen (secondary N) is 1. The molecular weight excluding hydrogens is 244 g/mol. The molecule has 3 N–H and O–H groups in total. The van der Waals surface area contributed by atoms with Crippen LogP contribution in [0, 0.1) is 0 Å². The number of primary amides is 1. The molecule has 0 aromatic heterocycles. The molecule has 5 heteroatoms.